The number of benzene rings is 1. The first-order valence-corrected chi connectivity index (χ1v) is 9.33. The number of rotatable bonds is 6. The normalized spacial score (nSPS) is 11.2. The molecule has 5 nitrogen and oxygen atoms in total. The number of ether oxygens (including phenoxy) is 1. The Morgan fingerprint density at radius 1 is 1.19 bits per heavy atom. The standard InChI is InChI=1S/C19H18ClN3O2S/c1-19(2,25-15-5-3-14(20)4-6-15)18(24)23-11-16-17(22-9-8-21-16)13-7-10-26-12-13/h3-10,12H,11H2,1-2H3,(H,23,24). The third kappa shape index (κ3) is 4.39. The molecule has 0 fully saturated rings. The Hall–Kier alpha value is -2.44. The zero-order valence-corrected chi connectivity index (χ0v) is 16.0. The zero-order chi connectivity index (χ0) is 18.6. The van der Waals surface area contributed by atoms with Crippen molar-refractivity contribution >= 4 is 28.8 Å². The summed E-state index contributed by atoms with van der Waals surface area (Å²) in [5.74, 6) is 0.336. The maximum absolute atomic E-state index is 12.6. The number of thiophene rings is 1. The topological polar surface area (TPSA) is 64.1 Å². The van der Waals surface area contributed by atoms with Crippen molar-refractivity contribution in [1.29, 1.82) is 0 Å². The average Bonchev–Trinajstić information content (AvgIpc) is 3.16. The van der Waals surface area contributed by atoms with Crippen molar-refractivity contribution in [1.82, 2.24) is 15.3 Å². The summed E-state index contributed by atoms with van der Waals surface area (Å²) in [7, 11) is 0. The smallest absolute Gasteiger partial charge is 0.263 e. The number of amides is 1. The Morgan fingerprint density at radius 3 is 2.62 bits per heavy atom. The van der Waals surface area contributed by atoms with E-state index in [0.29, 0.717) is 16.5 Å². The first kappa shape index (κ1) is 18.4. The van der Waals surface area contributed by atoms with E-state index in [-0.39, 0.29) is 12.5 Å². The zero-order valence-electron chi connectivity index (χ0n) is 14.4. The molecule has 134 valence electrons. The highest BCUT2D eigenvalue weighted by Crippen LogP contribution is 2.23. The second-order valence-electron chi connectivity index (χ2n) is 6.11. The molecule has 0 aliphatic heterocycles. The molecule has 0 saturated heterocycles. The molecule has 2 aromatic heterocycles. The van der Waals surface area contributed by atoms with E-state index < -0.39 is 5.60 Å². The van der Waals surface area contributed by atoms with Crippen LogP contribution in [0.3, 0.4) is 0 Å². The second-order valence-corrected chi connectivity index (χ2v) is 7.33. The molecule has 1 aromatic carbocycles. The number of hydrogen-bond acceptors (Lipinski definition) is 5. The minimum Gasteiger partial charge on any atom is -0.478 e. The highest BCUT2D eigenvalue weighted by molar-refractivity contribution is 7.08. The molecular formula is C19H18ClN3O2S. The molecule has 3 rings (SSSR count). The van der Waals surface area contributed by atoms with Crippen molar-refractivity contribution in [3.63, 3.8) is 0 Å². The monoisotopic (exact) mass is 387 g/mol. The molecule has 0 saturated carbocycles. The molecular weight excluding hydrogens is 370 g/mol. The number of nitrogens with zero attached hydrogens (tertiary/aromatic N) is 2. The summed E-state index contributed by atoms with van der Waals surface area (Å²) in [6.45, 7) is 3.70. The van der Waals surface area contributed by atoms with Gasteiger partial charge in [-0.15, -0.1) is 0 Å². The van der Waals surface area contributed by atoms with E-state index in [1.54, 1.807) is 61.8 Å². The fourth-order valence-electron chi connectivity index (χ4n) is 2.36. The van der Waals surface area contributed by atoms with Gasteiger partial charge in [-0.3, -0.25) is 14.8 Å². The predicted octanol–water partition coefficient (Wildman–Crippen LogP) is 4.33. The van der Waals surface area contributed by atoms with Crippen LogP contribution in [-0.2, 0) is 11.3 Å². The van der Waals surface area contributed by atoms with Gasteiger partial charge in [0, 0.05) is 28.4 Å². The highest BCUT2D eigenvalue weighted by Gasteiger charge is 2.30. The van der Waals surface area contributed by atoms with Gasteiger partial charge in [0.2, 0.25) is 0 Å². The van der Waals surface area contributed by atoms with Crippen LogP contribution in [-0.4, -0.2) is 21.5 Å². The van der Waals surface area contributed by atoms with Crippen LogP contribution in [0.4, 0.5) is 0 Å². The van der Waals surface area contributed by atoms with Crippen molar-refractivity contribution < 1.29 is 9.53 Å². The lowest BCUT2D eigenvalue weighted by molar-refractivity contribution is -0.134. The quantitative estimate of drug-likeness (QED) is 0.683. The van der Waals surface area contributed by atoms with Gasteiger partial charge in [-0.2, -0.15) is 11.3 Å². The van der Waals surface area contributed by atoms with Gasteiger partial charge in [-0.05, 0) is 49.6 Å². The summed E-state index contributed by atoms with van der Waals surface area (Å²) in [4.78, 5) is 21.3. The van der Waals surface area contributed by atoms with Crippen LogP contribution in [0.15, 0.2) is 53.5 Å². The first-order valence-electron chi connectivity index (χ1n) is 8.01. The minimum absolute atomic E-state index is 0.241. The van der Waals surface area contributed by atoms with Gasteiger partial charge in [0.15, 0.2) is 5.60 Å². The Balaban J connectivity index is 1.68. The summed E-state index contributed by atoms with van der Waals surface area (Å²) in [5, 5.41) is 7.48. The Labute approximate surface area is 161 Å². The van der Waals surface area contributed by atoms with Gasteiger partial charge in [0.25, 0.3) is 5.91 Å². The lowest BCUT2D eigenvalue weighted by atomic mass is 10.1. The lowest BCUT2D eigenvalue weighted by Gasteiger charge is -2.25. The number of nitrogens with one attached hydrogen (secondary N) is 1. The molecule has 0 aliphatic rings. The molecule has 26 heavy (non-hydrogen) atoms. The third-order valence-electron chi connectivity index (χ3n) is 3.72. The van der Waals surface area contributed by atoms with Gasteiger partial charge >= 0.3 is 0 Å². The third-order valence-corrected chi connectivity index (χ3v) is 4.65. The van der Waals surface area contributed by atoms with Crippen LogP contribution in [0.5, 0.6) is 5.75 Å². The van der Waals surface area contributed by atoms with Gasteiger partial charge in [-0.1, -0.05) is 11.6 Å². The van der Waals surface area contributed by atoms with Crippen LogP contribution in [0, 0.1) is 0 Å². The molecule has 0 atom stereocenters. The number of halogens is 1. The lowest BCUT2D eigenvalue weighted by Crippen LogP contribution is -2.46. The number of aromatic nitrogens is 2. The summed E-state index contributed by atoms with van der Waals surface area (Å²) in [6, 6.07) is 8.88. The van der Waals surface area contributed by atoms with Gasteiger partial charge < -0.3 is 10.1 Å². The molecule has 3 aromatic rings. The summed E-state index contributed by atoms with van der Waals surface area (Å²) >= 11 is 7.46. The highest BCUT2D eigenvalue weighted by atomic mass is 35.5. The molecule has 0 unspecified atom stereocenters. The van der Waals surface area contributed by atoms with Crippen LogP contribution in [0.1, 0.15) is 19.5 Å². The molecule has 0 radical (unpaired) electrons. The van der Waals surface area contributed by atoms with E-state index in [4.69, 9.17) is 16.3 Å². The predicted molar refractivity (Wildman–Crippen MR) is 103 cm³/mol. The van der Waals surface area contributed by atoms with Crippen molar-refractivity contribution in [2.75, 3.05) is 0 Å². The Morgan fingerprint density at radius 2 is 1.92 bits per heavy atom. The van der Waals surface area contributed by atoms with Crippen LogP contribution < -0.4 is 10.1 Å². The molecule has 0 aliphatic carbocycles. The maximum atomic E-state index is 12.6. The molecule has 1 N–H and O–H groups in total. The van der Waals surface area contributed by atoms with Gasteiger partial charge in [0.1, 0.15) is 5.75 Å². The summed E-state index contributed by atoms with van der Waals surface area (Å²) in [5.41, 5.74) is 1.43. The molecule has 0 spiro atoms. The number of carbonyl (C=O) groups is 1. The van der Waals surface area contributed by atoms with Crippen molar-refractivity contribution in [2.24, 2.45) is 0 Å². The second kappa shape index (κ2) is 7.85. The summed E-state index contributed by atoms with van der Waals surface area (Å²) < 4.78 is 5.80. The first-order chi connectivity index (χ1) is 12.5. The number of hydrogen-bond donors (Lipinski definition) is 1. The Bertz CT molecular complexity index is 880. The van der Waals surface area contributed by atoms with Gasteiger partial charge in [0.05, 0.1) is 17.9 Å². The van der Waals surface area contributed by atoms with Gasteiger partial charge in [-0.25, -0.2) is 0 Å². The fourth-order valence-corrected chi connectivity index (χ4v) is 3.12. The van der Waals surface area contributed by atoms with E-state index in [1.807, 2.05) is 16.8 Å². The molecule has 1 amide bonds. The molecule has 7 heteroatoms. The van der Waals surface area contributed by atoms with Crippen molar-refractivity contribution in [3.05, 3.63) is 64.2 Å². The van der Waals surface area contributed by atoms with Crippen LogP contribution in [0.2, 0.25) is 5.02 Å². The van der Waals surface area contributed by atoms with E-state index in [1.165, 1.54) is 0 Å². The average molecular weight is 388 g/mol. The Kier molecular flexibility index (Phi) is 5.54. The van der Waals surface area contributed by atoms with Crippen LogP contribution in [0.25, 0.3) is 11.3 Å². The fraction of sp³-hybridized carbons (Fsp3) is 0.211. The largest absolute Gasteiger partial charge is 0.478 e. The minimum atomic E-state index is -1.04. The molecule has 2 heterocycles. The summed E-state index contributed by atoms with van der Waals surface area (Å²) in [6.07, 6.45) is 3.26. The van der Waals surface area contributed by atoms with E-state index in [2.05, 4.69) is 15.3 Å². The van der Waals surface area contributed by atoms with E-state index >= 15 is 0 Å². The van der Waals surface area contributed by atoms with Crippen molar-refractivity contribution in [3.8, 4) is 17.0 Å². The van der Waals surface area contributed by atoms with Crippen molar-refractivity contribution in [2.45, 2.75) is 26.0 Å². The molecule has 0 bridgehead atoms. The maximum Gasteiger partial charge on any atom is 0.263 e. The van der Waals surface area contributed by atoms with Crippen LogP contribution >= 0.6 is 22.9 Å². The van der Waals surface area contributed by atoms with E-state index in [9.17, 15) is 4.79 Å². The SMILES string of the molecule is CC(C)(Oc1ccc(Cl)cc1)C(=O)NCc1nccnc1-c1ccsc1. The van der Waals surface area contributed by atoms with E-state index in [0.717, 1.165) is 11.3 Å². The number of carbonyl (C=O) groups excluding carboxylic acids is 1.